The van der Waals surface area contributed by atoms with E-state index in [1.807, 2.05) is 0 Å². The van der Waals surface area contributed by atoms with Gasteiger partial charge < -0.3 is 11.1 Å². The summed E-state index contributed by atoms with van der Waals surface area (Å²) in [6.45, 7) is 0. The first-order valence-electron chi connectivity index (χ1n) is 5.15. The van der Waals surface area contributed by atoms with Crippen LogP contribution in [0.2, 0.25) is 15.1 Å². The molecule has 1 aromatic carbocycles. The summed E-state index contributed by atoms with van der Waals surface area (Å²) in [5, 5.41) is 4.38. The van der Waals surface area contributed by atoms with Crippen molar-refractivity contribution >= 4 is 63.4 Å². The lowest BCUT2D eigenvalue weighted by Crippen LogP contribution is -2.11. The molecule has 0 aliphatic carbocycles. The van der Waals surface area contributed by atoms with E-state index in [9.17, 15) is 0 Å². The zero-order chi connectivity index (χ0) is 14.0. The molecule has 0 fully saturated rings. The third-order valence-corrected chi connectivity index (χ3v) is 3.55. The molecule has 1 aromatic heterocycles. The molecular formula is C12H8Cl3N3S. The van der Waals surface area contributed by atoms with Gasteiger partial charge in [-0.15, -0.1) is 0 Å². The summed E-state index contributed by atoms with van der Waals surface area (Å²) in [6.07, 6.45) is 1.60. The Morgan fingerprint density at radius 1 is 1.11 bits per heavy atom. The highest BCUT2D eigenvalue weighted by Gasteiger charge is 2.07. The van der Waals surface area contributed by atoms with Crippen LogP contribution in [0.3, 0.4) is 0 Å². The normalized spacial score (nSPS) is 10.3. The first kappa shape index (κ1) is 14.3. The van der Waals surface area contributed by atoms with Crippen molar-refractivity contribution in [2.45, 2.75) is 0 Å². The summed E-state index contributed by atoms with van der Waals surface area (Å²) in [5.74, 6) is 0. The van der Waals surface area contributed by atoms with Crippen LogP contribution in [-0.2, 0) is 0 Å². The van der Waals surface area contributed by atoms with Crippen molar-refractivity contribution in [2.75, 3.05) is 5.32 Å². The molecule has 1 heterocycles. The molecule has 0 aliphatic rings. The van der Waals surface area contributed by atoms with Crippen molar-refractivity contribution in [3.8, 4) is 0 Å². The zero-order valence-electron chi connectivity index (χ0n) is 9.45. The molecular weight excluding hydrogens is 325 g/mol. The van der Waals surface area contributed by atoms with E-state index in [1.54, 1.807) is 30.5 Å². The summed E-state index contributed by atoms with van der Waals surface area (Å²) in [6, 6.07) is 6.71. The fourth-order valence-electron chi connectivity index (χ4n) is 1.42. The van der Waals surface area contributed by atoms with E-state index in [2.05, 4.69) is 10.3 Å². The van der Waals surface area contributed by atoms with Gasteiger partial charge in [-0.2, -0.15) is 0 Å². The number of nitrogens with two attached hydrogens (primary N) is 1. The predicted octanol–water partition coefficient (Wildman–Crippen LogP) is 4.42. The molecule has 98 valence electrons. The van der Waals surface area contributed by atoms with E-state index in [1.165, 1.54) is 0 Å². The Bertz CT molecular complexity index is 646. The molecule has 7 heteroatoms. The molecule has 0 saturated carbocycles. The van der Waals surface area contributed by atoms with Crippen LogP contribution in [0.1, 0.15) is 5.69 Å². The van der Waals surface area contributed by atoms with Gasteiger partial charge in [-0.1, -0.05) is 47.0 Å². The molecule has 3 nitrogen and oxygen atoms in total. The molecule has 0 radical (unpaired) electrons. The van der Waals surface area contributed by atoms with Gasteiger partial charge in [0.05, 0.1) is 26.4 Å². The lowest BCUT2D eigenvalue weighted by atomic mass is 10.2. The minimum Gasteiger partial charge on any atom is -0.388 e. The van der Waals surface area contributed by atoms with Gasteiger partial charge in [0.2, 0.25) is 0 Å². The maximum Gasteiger partial charge on any atom is 0.122 e. The molecule has 19 heavy (non-hydrogen) atoms. The van der Waals surface area contributed by atoms with Gasteiger partial charge in [-0.25, -0.2) is 0 Å². The number of nitrogens with one attached hydrogen (secondary N) is 1. The lowest BCUT2D eigenvalue weighted by Gasteiger charge is -2.10. The number of nitrogens with zero attached hydrogens (tertiary/aromatic N) is 1. The fraction of sp³-hybridized carbons (Fsp3) is 0. The van der Waals surface area contributed by atoms with Crippen LogP contribution in [-0.4, -0.2) is 9.97 Å². The van der Waals surface area contributed by atoms with E-state index in [4.69, 9.17) is 52.8 Å². The van der Waals surface area contributed by atoms with Crippen LogP contribution in [0.4, 0.5) is 11.4 Å². The van der Waals surface area contributed by atoms with Crippen LogP contribution >= 0.6 is 47.0 Å². The van der Waals surface area contributed by atoms with Gasteiger partial charge in [0.15, 0.2) is 0 Å². The standard InChI is InChI=1S/C12H8Cl3N3S/c13-7-4-9(15)10(5-8(7)14)18-6-1-2-17-11(3-6)12(16)19/h1-5H,(H2,16,19)(H,17,18). The molecule has 0 atom stereocenters. The Morgan fingerprint density at radius 3 is 2.47 bits per heavy atom. The Balaban J connectivity index is 2.33. The van der Waals surface area contributed by atoms with Gasteiger partial charge in [0.1, 0.15) is 4.99 Å². The summed E-state index contributed by atoms with van der Waals surface area (Å²) in [4.78, 5) is 4.27. The Morgan fingerprint density at radius 2 is 1.79 bits per heavy atom. The maximum atomic E-state index is 6.08. The number of anilines is 2. The van der Waals surface area contributed by atoms with Crippen molar-refractivity contribution < 1.29 is 0 Å². The first-order valence-corrected chi connectivity index (χ1v) is 6.69. The highest BCUT2D eigenvalue weighted by atomic mass is 35.5. The Kier molecular flexibility index (Phi) is 4.47. The third-order valence-electron chi connectivity index (χ3n) is 2.30. The topological polar surface area (TPSA) is 50.9 Å². The fourth-order valence-corrected chi connectivity index (χ4v) is 2.12. The van der Waals surface area contributed by atoms with Gasteiger partial charge >= 0.3 is 0 Å². The second-order valence-corrected chi connectivity index (χ2v) is 5.33. The number of aromatic nitrogens is 1. The molecule has 0 spiro atoms. The molecule has 0 saturated heterocycles. The average molecular weight is 333 g/mol. The highest BCUT2D eigenvalue weighted by Crippen LogP contribution is 2.33. The SMILES string of the molecule is NC(=S)c1cc(Nc2cc(Cl)c(Cl)cc2Cl)ccn1. The molecule has 2 aromatic rings. The van der Waals surface area contributed by atoms with Crippen LogP contribution in [0.25, 0.3) is 0 Å². The first-order chi connectivity index (χ1) is 8.97. The smallest absolute Gasteiger partial charge is 0.122 e. The van der Waals surface area contributed by atoms with Crippen molar-refractivity contribution in [2.24, 2.45) is 5.73 Å². The number of hydrogen-bond donors (Lipinski definition) is 2. The minimum atomic E-state index is 0.226. The van der Waals surface area contributed by atoms with E-state index in [-0.39, 0.29) is 4.99 Å². The molecule has 3 N–H and O–H groups in total. The summed E-state index contributed by atoms with van der Waals surface area (Å²) >= 11 is 22.8. The second kappa shape index (κ2) is 5.92. The summed E-state index contributed by atoms with van der Waals surface area (Å²) in [7, 11) is 0. The number of pyridine rings is 1. The third kappa shape index (κ3) is 3.48. The van der Waals surface area contributed by atoms with Crippen molar-refractivity contribution in [1.82, 2.24) is 4.98 Å². The highest BCUT2D eigenvalue weighted by molar-refractivity contribution is 7.80. The van der Waals surface area contributed by atoms with E-state index in [0.29, 0.717) is 26.4 Å². The monoisotopic (exact) mass is 331 g/mol. The van der Waals surface area contributed by atoms with Crippen LogP contribution in [0.5, 0.6) is 0 Å². The molecule has 2 rings (SSSR count). The second-order valence-electron chi connectivity index (χ2n) is 3.67. The molecule has 0 amide bonds. The van der Waals surface area contributed by atoms with Crippen molar-refractivity contribution in [3.63, 3.8) is 0 Å². The van der Waals surface area contributed by atoms with Crippen LogP contribution in [0.15, 0.2) is 30.5 Å². The van der Waals surface area contributed by atoms with Gasteiger partial charge in [-0.3, -0.25) is 4.98 Å². The summed E-state index contributed by atoms with van der Waals surface area (Å²) in [5.41, 5.74) is 7.43. The number of benzene rings is 1. The van der Waals surface area contributed by atoms with E-state index >= 15 is 0 Å². The Labute approximate surface area is 130 Å². The average Bonchev–Trinajstić information content (AvgIpc) is 2.36. The van der Waals surface area contributed by atoms with Crippen molar-refractivity contribution in [3.05, 3.63) is 51.2 Å². The van der Waals surface area contributed by atoms with E-state index < -0.39 is 0 Å². The molecule has 0 unspecified atom stereocenters. The number of halogens is 3. The van der Waals surface area contributed by atoms with Gasteiger partial charge in [0.25, 0.3) is 0 Å². The number of hydrogen-bond acceptors (Lipinski definition) is 3. The minimum absolute atomic E-state index is 0.226. The Hall–Kier alpha value is -1.07. The van der Waals surface area contributed by atoms with Gasteiger partial charge in [0, 0.05) is 11.9 Å². The van der Waals surface area contributed by atoms with Crippen LogP contribution in [0, 0.1) is 0 Å². The summed E-state index contributed by atoms with van der Waals surface area (Å²) < 4.78 is 0. The molecule has 0 bridgehead atoms. The largest absolute Gasteiger partial charge is 0.388 e. The quantitative estimate of drug-likeness (QED) is 0.645. The van der Waals surface area contributed by atoms with Gasteiger partial charge in [-0.05, 0) is 24.3 Å². The van der Waals surface area contributed by atoms with Crippen molar-refractivity contribution in [1.29, 1.82) is 0 Å². The number of thiocarbonyl (C=S) groups is 1. The van der Waals surface area contributed by atoms with E-state index in [0.717, 1.165) is 5.69 Å². The zero-order valence-corrected chi connectivity index (χ0v) is 12.5. The predicted molar refractivity (Wildman–Crippen MR) is 84.9 cm³/mol. The maximum absolute atomic E-state index is 6.08. The number of rotatable bonds is 3. The van der Waals surface area contributed by atoms with Crippen LogP contribution < -0.4 is 11.1 Å². The molecule has 0 aliphatic heterocycles. The lowest BCUT2D eigenvalue weighted by molar-refractivity contribution is 1.29.